The Balaban J connectivity index is 2.69. The average molecular weight is 306 g/mol. The predicted octanol–water partition coefficient (Wildman–Crippen LogP) is 2.67. The zero-order valence-electron chi connectivity index (χ0n) is 9.40. The van der Waals surface area contributed by atoms with Gasteiger partial charge >= 0.3 is 0 Å². The van der Waals surface area contributed by atoms with Crippen molar-refractivity contribution in [2.75, 3.05) is 0 Å². The first-order valence-electron chi connectivity index (χ1n) is 5.17. The number of hydrogen-bond acceptors (Lipinski definition) is 2. The Hall–Kier alpha value is -0.390. The number of hydrogen-bond donors (Lipinski definition) is 1. The van der Waals surface area contributed by atoms with Gasteiger partial charge in [-0.3, -0.25) is 0 Å². The summed E-state index contributed by atoms with van der Waals surface area (Å²) in [5.41, 5.74) is 0.791. The molecule has 1 atom stereocenters. The molecule has 1 N–H and O–H groups in total. The van der Waals surface area contributed by atoms with Crippen molar-refractivity contribution >= 4 is 26.0 Å². The van der Waals surface area contributed by atoms with Crippen LogP contribution >= 0.6 is 15.9 Å². The van der Waals surface area contributed by atoms with E-state index in [0.717, 1.165) is 16.5 Å². The number of benzene rings is 1. The molecule has 0 spiro atoms. The van der Waals surface area contributed by atoms with Crippen molar-refractivity contribution in [3.05, 3.63) is 34.3 Å². The summed E-state index contributed by atoms with van der Waals surface area (Å²) in [7, 11) is -3.22. The highest BCUT2D eigenvalue weighted by atomic mass is 79.9. The van der Waals surface area contributed by atoms with Gasteiger partial charge in [-0.25, -0.2) is 13.1 Å². The third-order valence-electron chi connectivity index (χ3n) is 2.26. The summed E-state index contributed by atoms with van der Waals surface area (Å²) in [6.07, 6.45) is 0.791. The van der Waals surface area contributed by atoms with Crippen LogP contribution in [0.2, 0.25) is 0 Å². The van der Waals surface area contributed by atoms with Gasteiger partial charge in [0.15, 0.2) is 0 Å². The molecule has 0 saturated heterocycles. The van der Waals surface area contributed by atoms with Crippen LogP contribution in [0.25, 0.3) is 0 Å². The van der Waals surface area contributed by atoms with Gasteiger partial charge in [0.05, 0.1) is 5.75 Å². The molecular formula is C11H16BrNO2S. The van der Waals surface area contributed by atoms with Crippen LogP contribution in [0, 0.1) is 0 Å². The van der Waals surface area contributed by atoms with Gasteiger partial charge < -0.3 is 0 Å². The van der Waals surface area contributed by atoms with Gasteiger partial charge in [0.1, 0.15) is 0 Å². The number of rotatable bonds is 5. The largest absolute Gasteiger partial charge is 0.216 e. The molecule has 0 fully saturated rings. The van der Waals surface area contributed by atoms with E-state index >= 15 is 0 Å². The van der Waals surface area contributed by atoms with Crippen LogP contribution in [0.1, 0.15) is 25.8 Å². The summed E-state index contributed by atoms with van der Waals surface area (Å²) in [5, 5.41) is 0. The molecule has 0 aliphatic heterocycles. The van der Waals surface area contributed by atoms with Crippen molar-refractivity contribution in [3.8, 4) is 0 Å². The monoisotopic (exact) mass is 305 g/mol. The lowest BCUT2D eigenvalue weighted by molar-refractivity contribution is 0.555. The van der Waals surface area contributed by atoms with Gasteiger partial charge in [-0.05, 0) is 31.0 Å². The molecule has 0 amide bonds. The number of halogens is 1. The highest BCUT2D eigenvalue weighted by Crippen LogP contribution is 2.12. The van der Waals surface area contributed by atoms with Gasteiger partial charge in [-0.15, -0.1) is 0 Å². The van der Waals surface area contributed by atoms with Gasteiger partial charge in [-0.1, -0.05) is 35.0 Å². The molecule has 0 unspecified atom stereocenters. The summed E-state index contributed by atoms with van der Waals surface area (Å²) in [6, 6.07) is 7.28. The topological polar surface area (TPSA) is 46.2 Å². The Bertz CT molecular complexity index is 428. The fraction of sp³-hybridized carbons (Fsp3) is 0.455. The molecule has 0 saturated carbocycles. The molecule has 0 aliphatic rings. The molecule has 1 aromatic rings. The third kappa shape index (κ3) is 4.63. The Labute approximate surface area is 105 Å². The molecule has 0 bridgehead atoms. The van der Waals surface area contributed by atoms with Crippen molar-refractivity contribution in [2.24, 2.45) is 0 Å². The maximum Gasteiger partial charge on any atom is 0.216 e. The van der Waals surface area contributed by atoms with Crippen LogP contribution < -0.4 is 4.72 Å². The van der Waals surface area contributed by atoms with E-state index in [0.29, 0.717) is 0 Å². The number of nitrogens with one attached hydrogen (secondary N) is 1. The first kappa shape index (κ1) is 13.7. The van der Waals surface area contributed by atoms with Gasteiger partial charge in [0.2, 0.25) is 10.0 Å². The fourth-order valence-electron chi connectivity index (χ4n) is 1.23. The van der Waals surface area contributed by atoms with E-state index in [1.165, 1.54) is 0 Å². The normalized spacial score (nSPS) is 13.7. The van der Waals surface area contributed by atoms with E-state index in [1.54, 1.807) is 12.1 Å². The van der Waals surface area contributed by atoms with Crippen LogP contribution in [0.15, 0.2) is 28.7 Å². The fourth-order valence-corrected chi connectivity index (χ4v) is 2.99. The number of sulfonamides is 1. The van der Waals surface area contributed by atoms with Gasteiger partial charge in [0, 0.05) is 10.5 Å². The van der Waals surface area contributed by atoms with Crippen molar-refractivity contribution in [3.63, 3.8) is 0 Å². The van der Waals surface area contributed by atoms with Crippen LogP contribution in [-0.4, -0.2) is 14.5 Å². The lowest BCUT2D eigenvalue weighted by atomic mass is 10.2. The first-order valence-corrected chi connectivity index (χ1v) is 7.62. The second kappa shape index (κ2) is 5.80. The van der Waals surface area contributed by atoms with Crippen LogP contribution in [0.3, 0.4) is 0 Å². The van der Waals surface area contributed by atoms with E-state index < -0.39 is 10.0 Å². The Morgan fingerprint density at radius 1 is 1.31 bits per heavy atom. The van der Waals surface area contributed by atoms with Gasteiger partial charge in [0.25, 0.3) is 0 Å². The van der Waals surface area contributed by atoms with E-state index in [2.05, 4.69) is 20.7 Å². The summed E-state index contributed by atoms with van der Waals surface area (Å²) in [4.78, 5) is 0. The molecule has 0 aliphatic carbocycles. The van der Waals surface area contributed by atoms with Crippen LogP contribution in [0.4, 0.5) is 0 Å². The van der Waals surface area contributed by atoms with E-state index in [4.69, 9.17) is 0 Å². The third-order valence-corrected chi connectivity index (χ3v) is 4.27. The summed E-state index contributed by atoms with van der Waals surface area (Å²) >= 11 is 3.31. The van der Waals surface area contributed by atoms with E-state index in [1.807, 2.05) is 26.0 Å². The second-order valence-electron chi connectivity index (χ2n) is 3.81. The zero-order chi connectivity index (χ0) is 12.2. The molecular weight excluding hydrogens is 290 g/mol. The second-order valence-corrected chi connectivity index (χ2v) is 6.48. The molecule has 16 heavy (non-hydrogen) atoms. The molecule has 0 aromatic heterocycles. The highest BCUT2D eigenvalue weighted by molar-refractivity contribution is 9.10. The molecule has 0 heterocycles. The minimum Gasteiger partial charge on any atom is -0.212 e. The quantitative estimate of drug-likeness (QED) is 0.909. The zero-order valence-corrected chi connectivity index (χ0v) is 11.8. The van der Waals surface area contributed by atoms with E-state index in [-0.39, 0.29) is 11.8 Å². The van der Waals surface area contributed by atoms with Crippen molar-refractivity contribution in [1.29, 1.82) is 0 Å². The van der Waals surface area contributed by atoms with E-state index in [9.17, 15) is 8.42 Å². The smallest absolute Gasteiger partial charge is 0.212 e. The summed E-state index contributed by atoms with van der Waals surface area (Å²) in [5.74, 6) is 0.0324. The molecule has 3 nitrogen and oxygen atoms in total. The summed E-state index contributed by atoms with van der Waals surface area (Å²) in [6.45, 7) is 3.81. The van der Waals surface area contributed by atoms with Crippen LogP contribution in [0.5, 0.6) is 0 Å². The lowest BCUT2D eigenvalue weighted by Crippen LogP contribution is -2.32. The maximum atomic E-state index is 11.7. The van der Waals surface area contributed by atoms with Gasteiger partial charge in [-0.2, -0.15) is 0 Å². The Morgan fingerprint density at radius 3 is 2.38 bits per heavy atom. The average Bonchev–Trinajstić information content (AvgIpc) is 2.20. The SMILES string of the molecule is CC[C@@H](C)NS(=O)(=O)Cc1ccc(Br)cc1. The lowest BCUT2D eigenvalue weighted by Gasteiger charge is -2.11. The highest BCUT2D eigenvalue weighted by Gasteiger charge is 2.13. The maximum absolute atomic E-state index is 11.7. The molecule has 1 aromatic carbocycles. The first-order chi connectivity index (χ1) is 7.43. The van der Waals surface area contributed by atoms with Crippen molar-refractivity contribution in [2.45, 2.75) is 32.1 Å². The minimum atomic E-state index is -3.22. The standard InChI is InChI=1S/C11H16BrNO2S/c1-3-9(2)13-16(14,15)8-10-4-6-11(12)7-5-10/h4-7,9,13H,3,8H2,1-2H3/t9-/m1/s1. The van der Waals surface area contributed by atoms with Crippen molar-refractivity contribution < 1.29 is 8.42 Å². The molecule has 0 radical (unpaired) electrons. The summed E-state index contributed by atoms with van der Waals surface area (Å²) < 4.78 is 27.0. The molecule has 1 rings (SSSR count). The predicted molar refractivity (Wildman–Crippen MR) is 69.7 cm³/mol. The van der Waals surface area contributed by atoms with Crippen molar-refractivity contribution in [1.82, 2.24) is 4.72 Å². The minimum absolute atomic E-state index is 0.0135. The molecule has 90 valence electrons. The Kier molecular flexibility index (Phi) is 4.95. The molecule has 5 heteroatoms. The Morgan fingerprint density at radius 2 is 1.88 bits per heavy atom. The van der Waals surface area contributed by atoms with Crippen LogP contribution in [-0.2, 0) is 15.8 Å².